The van der Waals surface area contributed by atoms with Gasteiger partial charge in [0.05, 0.1) is 5.70 Å². The van der Waals surface area contributed by atoms with Crippen molar-refractivity contribution in [3.8, 4) is 0 Å². The quantitative estimate of drug-likeness (QED) is 0.544. The maximum atomic E-state index is 3.63. The molecule has 1 N–H and O–H groups in total. The van der Waals surface area contributed by atoms with Gasteiger partial charge in [0.1, 0.15) is 0 Å². The van der Waals surface area contributed by atoms with Crippen LogP contribution in [0.3, 0.4) is 0 Å². The molecule has 0 rings (SSSR count). The molecule has 0 atom stereocenters. The molecule has 0 saturated heterocycles. The molecular weight excluding hydrogens is 100 g/mol. The van der Waals surface area contributed by atoms with E-state index in [4.69, 9.17) is 0 Å². The first-order valence-corrected chi connectivity index (χ1v) is 2.31. The molecule has 0 fully saturated rings. The summed E-state index contributed by atoms with van der Waals surface area (Å²) in [5, 5.41) is 2.77. The molecule has 44 valence electrons. The lowest BCUT2D eigenvalue weighted by atomic mass is 10.5. The van der Waals surface area contributed by atoms with Crippen LogP contribution in [0.15, 0.2) is 29.7 Å². The Morgan fingerprint density at radius 2 is 2.38 bits per heavy atom. The van der Waals surface area contributed by atoms with Gasteiger partial charge < -0.3 is 5.32 Å². The van der Waals surface area contributed by atoms with E-state index in [0.717, 1.165) is 5.70 Å². The van der Waals surface area contributed by atoms with Crippen LogP contribution in [-0.4, -0.2) is 6.72 Å². The van der Waals surface area contributed by atoms with Crippen LogP contribution in [0.4, 0.5) is 0 Å². The molecule has 0 aromatic carbocycles. The largest absolute Gasteiger partial charge is 0.367 e. The molecule has 0 unspecified atom stereocenters. The minimum Gasteiger partial charge on any atom is -0.367 e. The lowest BCUT2D eigenvalue weighted by molar-refractivity contribution is 1.14. The molecule has 2 nitrogen and oxygen atoms in total. The third-order valence-corrected chi connectivity index (χ3v) is 0.659. The van der Waals surface area contributed by atoms with Gasteiger partial charge in [0.2, 0.25) is 0 Å². The van der Waals surface area contributed by atoms with E-state index < -0.39 is 0 Å². The van der Waals surface area contributed by atoms with Gasteiger partial charge in [0.15, 0.2) is 0 Å². The molecule has 0 saturated carbocycles. The first-order chi connectivity index (χ1) is 3.81. The van der Waals surface area contributed by atoms with Gasteiger partial charge in [0.25, 0.3) is 0 Å². The highest BCUT2D eigenvalue weighted by atomic mass is 14.8. The molecule has 0 spiro atoms. The molecule has 0 aromatic heterocycles. The first-order valence-electron chi connectivity index (χ1n) is 2.31. The fraction of sp³-hybridized carbons (Fsp3) is 0.167. The molecule has 0 radical (unpaired) electrons. The monoisotopic (exact) mass is 110 g/mol. The topological polar surface area (TPSA) is 24.4 Å². The summed E-state index contributed by atoms with van der Waals surface area (Å²) in [5.41, 5.74) is 0.852. The summed E-state index contributed by atoms with van der Waals surface area (Å²) in [6, 6.07) is 0. The Morgan fingerprint density at radius 3 is 2.75 bits per heavy atom. The lowest BCUT2D eigenvalue weighted by Gasteiger charge is -1.88. The fourth-order valence-electron chi connectivity index (χ4n) is 0.225. The van der Waals surface area contributed by atoms with Crippen molar-refractivity contribution in [2.24, 2.45) is 4.99 Å². The molecule has 0 aliphatic carbocycles. The summed E-state index contributed by atoms with van der Waals surface area (Å²) < 4.78 is 0. The third kappa shape index (κ3) is 3.15. The Morgan fingerprint density at radius 1 is 1.75 bits per heavy atom. The van der Waals surface area contributed by atoms with E-state index in [9.17, 15) is 0 Å². The second-order valence-electron chi connectivity index (χ2n) is 1.31. The fourth-order valence-corrected chi connectivity index (χ4v) is 0.225. The molecule has 0 bridgehead atoms. The average molecular weight is 110 g/mol. The minimum atomic E-state index is 0.852. The zero-order valence-corrected chi connectivity index (χ0v) is 5.02. The zero-order valence-electron chi connectivity index (χ0n) is 5.02. The van der Waals surface area contributed by atoms with E-state index in [1.54, 1.807) is 12.4 Å². The van der Waals surface area contributed by atoms with Gasteiger partial charge in [-0.15, -0.1) is 0 Å². The Hall–Kier alpha value is -1.05. The number of hydrogen-bond donors (Lipinski definition) is 1. The number of nitrogens with one attached hydrogen (secondary N) is 1. The predicted molar refractivity (Wildman–Crippen MR) is 36.6 cm³/mol. The summed E-state index contributed by atoms with van der Waals surface area (Å²) in [4.78, 5) is 3.63. The van der Waals surface area contributed by atoms with Crippen molar-refractivity contribution < 1.29 is 0 Å². The summed E-state index contributed by atoms with van der Waals surface area (Å²) in [6.45, 7) is 8.62. The van der Waals surface area contributed by atoms with Gasteiger partial charge >= 0.3 is 0 Å². The Labute approximate surface area is 49.6 Å². The SMILES string of the molecule is C=CN/C=C(/C)N=C. The first kappa shape index (κ1) is 6.95. The number of nitrogens with zero attached hydrogens (tertiary/aromatic N) is 1. The van der Waals surface area contributed by atoms with Crippen LogP contribution in [0, 0.1) is 0 Å². The van der Waals surface area contributed by atoms with Crippen LogP contribution >= 0.6 is 0 Å². The van der Waals surface area contributed by atoms with Crippen molar-refractivity contribution in [1.29, 1.82) is 0 Å². The molecular formula is C6H10N2. The third-order valence-electron chi connectivity index (χ3n) is 0.659. The van der Waals surface area contributed by atoms with Gasteiger partial charge in [-0.2, -0.15) is 0 Å². The molecule has 8 heavy (non-hydrogen) atoms. The van der Waals surface area contributed by atoms with Crippen LogP contribution in [0.25, 0.3) is 0 Å². The Balaban J connectivity index is 3.56. The standard InChI is InChI=1S/C6H10N2/c1-4-8-5-6(2)7-3/h4-5,8H,1,3H2,2H3/b6-5-. The van der Waals surface area contributed by atoms with Crippen LogP contribution < -0.4 is 5.32 Å². The summed E-state index contributed by atoms with van der Waals surface area (Å²) in [5.74, 6) is 0. The highest BCUT2D eigenvalue weighted by Crippen LogP contribution is 1.86. The number of rotatable bonds is 3. The van der Waals surface area contributed by atoms with Crippen LogP contribution in [0.1, 0.15) is 6.92 Å². The van der Waals surface area contributed by atoms with Crippen molar-refractivity contribution in [1.82, 2.24) is 5.32 Å². The van der Waals surface area contributed by atoms with E-state index in [2.05, 4.69) is 23.6 Å². The summed E-state index contributed by atoms with van der Waals surface area (Å²) >= 11 is 0. The maximum Gasteiger partial charge on any atom is 0.0524 e. The van der Waals surface area contributed by atoms with E-state index in [1.165, 1.54) is 0 Å². The maximum absolute atomic E-state index is 3.63. The van der Waals surface area contributed by atoms with Crippen molar-refractivity contribution in [3.05, 3.63) is 24.7 Å². The Bertz CT molecular complexity index is 114. The summed E-state index contributed by atoms with van der Waals surface area (Å²) in [6.07, 6.45) is 3.30. The summed E-state index contributed by atoms with van der Waals surface area (Å²) in [7, 11) is 0. The van der Waals surface area contributed by atoms with Crippen molar-refractivity contribution in [3.63, 3.8) is 0 Å². The van der Waals surface area contributed by atoms with Gasteiger partial charge in [0, 0.05) is 6.20 Å². The Kier molecular flexibility index (Phi) is 3.58. The molecule has 0 heterocycles. The van der Waals surface area contributed by atoms with E-state index in [0.29, 0.717) is 0 Å². The van der Waals surface area contributed by atoms with E-state index in [1.807, 2.05) is 6.92 Å². The van der Waals surface area contributed by atoms with Crippen LogP contribution in [0.5, 0.6) is 0 Å². The highest BCUT2D eigenvalue weighted by Gasteiger charge is 1.73. The number of aliphatic imine (C=N–C) groups is 1. The zero-order chi connectivity index (χ0) is 6.41. The average Bonchev–Trinajstić information content (AvgIpc) is 1.83. The normalized spacial score (nSPS) is 10.4. The van der Waals surface area contributed by atoms with Gasteiger partial charge in [-0.05, 0) is 19.8 Å². The number of hydrogen-bond acceptors (Lipinski definition) is 2. The molecule has 2 heteroatoms. The van der Waals surface area contributed by atoms with Crippen molar-refractivity contribution >= 4 is 6.72 Å². The smallest absolute Gasteiger partial charge is 0.0524 e. The molecule has 0 aliphatic heterocycles. The molecule has 0 aliphatic rings. The van der Waals surface area contributed by atoms with Gasteiger partial charge in [-0.25, -0.2) is 0 Å². The van der Waals surface area contributed by atoms with E-state index in [-0.39, 0.29) is 0 Å². The highest BCUT2D eigenvalue weighted by molar-refractivity contribution is 5.28. The lowest BCUT2D eigenvalue weighted by Crippen LogP contribution is -1.90. The van der Waals surface area contributed by atoms with E-state index >= 15 is 0 Å². The second kappa shape index (κ2) is 4.12. The van der Waals surface area contributed by atoms with Gasteiger partial charge in [-0.1, -0.05) is 6.58 Å². The van der Waals surface area contributed by atoms with Crippen LogP contribution in [-0.2, 0) is 0 Å². The number of allylic oxidation sites excluding steroid dienone is 1. The minimum absolute atomic E-state index is 0.852. The molecule has 0 amide bonds. The van der Waals surface area contributed by atoms with Crippen molar-refractivity contribution in [2.75, 3.05) is 0 Å². The molecule has 0 aromatic rings. The van der Waals surface area contributed by atoms with Gasteiger partial charge in [-0.3, -0.25) is 4.99 Å². The second-order valence-corrected chi connectivity index (χ2v) is 1.31. The van der Waals surface area contributed by atoms with Crippen molar-refractivity contribution in [2.45, 2.75) is 6.92 Å². The predicted octanol–water partition coefficient (Wildman–Crippen LogP) is 1.28. The van der Waals surface area contributed by atoms with Crippen LogP contribution in [0.2, 0.25) is 0 Å².